The molecule has 1 aliphatic heterocycles. The maximum absolute atomic E-state index is 14.2. The number of carbonyl (C=O) groups is 1. The van der Waals surface area contributed by atoms with Gasteiger partial charge in [-0.25, -0.2) is 15.0 Å². The zero-order valence-corrected chi connectivity index (χ0v) is 21.9. The number of aromatic nitrogens is 4. The van der Waals surface area contributed by atoms with Crippen LogP contribution in [0.3, 0.4) is 0 Å². The van der Waals surface area contributed by atoms with Crippen molar-refractivity contribution < 1.29 is 14.5 Å². The van der Waals surface area contributed by atoms with Crippen LogP contribution in [0.4, 0.5) is 5.82 Å². The average Bonchev–Trinajstić information content (AvgIpc) is 3.38. The van der Waals surface area contributed by atoms with Gasteiger partial charge < -0.3 is 19.9 Å². The number of aliphatic hydroxyl groups excluding tert-OH is 1. The SMILES string of the molecule is Cc1nc(N[C@H](C)c2cccc(C#N)c2C)c2cc(P3(=O)CCN(C(=O)CO)CC3)c3nccn3c2n1. The smallest absolute Gasteiger partial charge is 0.248 e. The predicted molar refractivity (Wildman–Crippen MR) is 142 cm³/mol. The molecule has 1 aromatic carbocycles. The number of rotatable bonds is 5. The molecule has 0 spiro atoms. The number of nitriles is 1. The van der Waals surface area contributed by atoms with Crippen LogP contribution in [0.25, 0.3) is 16.7 Å². The number of aliphatic hydroxyl groups is 1. The summed E-state index contributed by atoms with van der Waals surface area (Å²) in [5.41, 5.74) is 3.77. The molecule has 4 aromatic rings. The highest BCUT2D eigenvalue weighted by molar-refractivity contribution is 7.72. The van der Waals surface area contributed by atoms with Crippen molar-refractivity contribution >= 4 is 40.9 Å². The number of pyridine rings is 1. The second-order valence-electron chi connectivity index (χ2n) is 9.38. The normalized spacial score (nSPS) is 16.0. The Bertz CT molecular complexity index is 1610. The van der Waals surface area contributed by atoms with E-state index in [9.17, 15) is 19.7 Å². The fourth-order valence-electron chi connectivity index (χ4n) is 5.06. The molecule has 4 heterocycles. The molecule has 5 rings (SSSR count). The van der Waals surface area contributed by atoms with E-state index >= 15 is 0 Å². The van der Waals surface area contributed by atoms with Crippen molar-refractivity contribution in [2.75, 3.05) is 37.3 Å². The number of carbonyl (C=O) groups excluding carboxylic acids is 1. The largest absolute Gasteiger partial charge is 0.387 e. The summed E-state index contributed by atoms with van der Waals surface area (Å²) < 4.78 is 16.1. The lowest BCUT2D eigenvalue weighted by molar-refractivity contribution is -0.133. The number of nitrogens with zero attached hydrogens (tertiary/aromatic N) is 6. The van der Waals surface area contributed by atoms with Gasteiger partial charge in [-0.15, -0.1) is 0 Å². The molecule has 1 saturated heterocycles. The van der Waals surface area contributed by atoms with Crippen LogP contribution < -0.4 is 10.6 Å². The summed E-state index contributed by atoms with van der Waals surface area (Å²) in [6, 6.07) is 9.63. The summed E-state index contributed by atoms with van der Waals surface area (Å²) in [5, 5.41) is 23.5. The van der Waals surface area contributed by atoms with Crippen LogP contribution in [0.1, 0.15) is 35.5 Å². The van der Waals surface area contributed by atoms with Gasteiger partial charge in [-0.1, -0.05) is 12.1 Å². The van der Waals surface area contributed by atoms with Crippen LogP contribution in [-0.4, -0.2) is 67.3 Å². The monoisotopic (exact) mass is 517 g/mol. The van der Waals surface area contributed by atoms with Crippen LogP contribution in [0, 0.1) is 25.2 Å². The number of nitrogens with one attached hydrogen (secondary N) is 1. The fraction of sp³-hybridized carbons (Fsp3) is 0.346. The third kappa shape index (κ3) is 4.35. The first kappa shape index (κ1) is 24.9. The van der Waals surface area contributed by atoms with Crippen molar-refractivity contribution in [1.29, 1.82) is 5.26 Å². The van der Waals surface area contributed by atoms with E-state index in [1.807, 2.05) is 43.4 Å². The van der Waals surface area contributed by atoms with E-state index < -0.39 is 13.7 Å². The van der Waals surface area contributed by atoms with E-state index in [1.54, 1.807) is 23.4 Å². The molecule has 1 fully saturated rings. The van der Waals surface area contributed by atoms with E-state index in [1.165, 1.54) is 0 Å². The predicted octanol–water partition coefficient (Wildman–Crippen LogP) is 2.76. The summed E-state index contributed by atoms with van der Waals surface area (Å²) in [6.45, 7) is 5.86. The number of anilines is 1. The minimum atomic E-state index is -2.89. The minimum absolute atomic E-state index is 0.156. The number of benzene rings is 1. The molecule has 0 unspecified atom stereocenters. The number of hydrogen-bond acceptors (Lipinski definition) is 8. The first-order chi connectivity index (χ1) is 17.8. The summed E-state index contributed by atoms with van der Waals surface area (Å²) in [5.74, 6) is 0.833. The summed E-state index contributed by atoms with van der Waals surface area (Å²) in [6.07, 6.45) is 4.11. The molecule has 1 atom stereocenters. The highest BCUT2D eigenvalue weighted by Crippen LogP contribution is 2.48. The van der Waals surface area contributed by atoms with Crippen molar-refractivity contribution in [2.45, 2.75) is 26.8 Å². The second kappa shape index (κ2) is 9.58. The quantitative estimate of drug-likeness (QED) is 0.386. The molecule has 37 heavy (non-hydrogen) atoms. The Morgan fingerprint density at radius 2 is 2.00 bits per heavy atom. The third-order valence-electron chi connectivity index (χ3n) is 7.12. The standard InChI is InChI=1S/C26H28N7O3P/c1-16-19(14-27)5-4-6-20(16)17(2)29-24-21-13-22(37(36)11-9-32(10-12-37)23(35)15-34)26-28-7-8-33(26)25(21)31-18(3)30-24/h4-8,13,17,34H,9-12,15H2,1-3H3,(H,29,30,31)/t17-/m1/s1. The second-order valence-corrected chi connectivity index (χ2v) is 12.5. The molecular formula is C26H28N7O3P. The molecule has 11 heteroatoms. The van der Waals surface area contributed by atoms with Crippen molar-refractivity contribution in [3.8, 4) is 6.07 Å². The molecule has 1 aliphatic rings. The van der Waals surface area contributed by atoms with E-state index in [0.29, 0.717) is 59.2 Å². The Labute approximate surface area is 214 Å². The van der Waals surface area contributed by atoms with Gasteiger partial charge in [0.15, 0.2) is 5.65 Å². The van der Waals surface area contributed by atoms with Gasteiger partial charge in [0.25, 0.3) is 0 Å². The van der Waals surface area contributed by atoms with Gasteiger partial charge in [-0.05, 0) is 44.0 Å². The van der Waals surface area contributed by atoms with Crippen LogP contribution in [0.5, 0.6) is 0 Å². The molecule has 190 valence electrons. The fourth-order valence-corrected chi connectivity index (χ4v) is 7.79. The van der Waals surface area contributed by atoms with E-state index in [-0.39, 0.29) is 11.9 Å². The number of amides is 1. The van der Waals surface area contributed by atoms with Gasteiger partial charge in [0.1, 0.15) is 31.0 Å². The van der Waals surface area contributed by atoms with Crippen molar-refractivity contribution in [1.82, 2.24) is 24.3 Å². The van der Waals surface area contributed by atoms with Gasteiger partial charge in [0, 0.05) is 37.8 Å². The summed E-state index contributed by atoms with van der Waals surface area (Å²) in [7, 11) is -2.89. The number of aryl methyl sites for hydroxylation is 1. The Hall–Kier alpha value is -3.80. The molecular weight excluding hydrogens is 489 g/mol. The van der Waals surface area contributed by atoms with E-state index in [0.717, 1.165) is 16.5 Å². The zero-order chi connectivity index (χ0) is 26.3. The van der Waals surface area contributed by atoms with Crippen LogP contribution in [-0.2, 0) is 9.36 Å². The van der Waals surface area contributed by atoms with Crippen molar-refractivity contribution in [3.63, 3.8) is 0 Å². The molecule has 0 radical (unpaired) electrons. The molecule has 1 amide bonds. The first-order valence-corrected chi connectivity index (χ1v) is 14.2. The molecule has 10 nitrogen and oxygen atoms in total. The van der Waals surface area contributed by atoms with E-state index in [4.69, 9.17) is 4.98 Å². The van der Waals surface area contributed by atoms with Gasteiger partial charge >= 0.3 is 0 Å². The van der Waals surface area contributed by atoms with Gasteiger partial charge in [0.05, 0.1) is 28.4 Å². The third-order valence-corrected chi connectivity index (χ3v) is 10.2. The topological polar surface area (TPSA) is 137 Å². The van der Waals surface area contributed by atoms with Gasteiger partial charge in [-0.3, -0.25) is 9.20 Å². The summed E-state index contributed by atoms with van der Waals surface area (Å²) >= 11 is 0. The first-order valence-electron chi connectivity index (χ1n) is 12.1. The average molecular weight is 518 g/mol. The maximum Gasteiger partial charge on any atom is 0.248 e. The molecule has 0 bridgehead atoms. The van der Waals surface area contributed by atoms with Crippen LogP contribution in [0.15, 0.2) is 36.7 Å². The highest BCUT2D eigenvalue weighted by Gasteiger charge is 2.35. The number of fused-ring (bicyclic) bond motifs is 3. The zero-order valence-electron chi connectivity index (χ0n) is 21.0. The molecule has 2 N–H and O–H groups in total. The Morgan fingerprint density at radius 3 is 2.70 bits per heavy atom. The van der Waals surface area contributed by atoms with Crippen molar-refractivity contribution in [3.05, 3.63) is 59.2 Å². The number of hydrogen-bond donors (Lipinski definition) is 2. The lowest BCUT2D eigenvalue weighted by Crippen LogP contribution is -2.42. The Morgan fingerprint density at radius 1 is 1.24 bits per heavy atom. The molecule has 3 aromatic heterocycles. The Balaban J connectivity index is 1.61. The van der Waals surface area contributed by atoms with Gasteiger partial charge in [0.2, 0.25) is 5.91 Å². The van der Waals surface area contributed by atoms with E-state index in [2.05, 4.69) is 21.4 Å². The maximum atomic E-state index is 14.2. The van der Waals surface area contributed by atoms with Crippen LogP contribution >= 0.6 is 7.14 Å². The number of imidazole rings is 1. The van der Waals surface area contributed by atoms with Gasteiger partial charge in [-0.2, -0.15) is 5.26 Å². The highest BCUT2D eigenvalue weighted by atomic mass is 31.2. The molecule has 0 aliphatic carbocycles. The Kier molecular flexibility index (Phi) is 6.44. The van der Waals surface area contributed by atoms with Crippen LogP contribution in [0.2, 0.25) is 0 Å². The minimum Gasteiger partial charge on any atom is -0.387 e. The molecule has 0 saturated carbocycles. The lowest BCUT2D eigenvalue weighted by atomic mass is 9.98. The summed E-state index contributed by atoms with van der Waals surface area (Å²) in [4.78, 5) is 27.4. The van der Waals surface area contributed by atoms with Crippen molar-refractivity contribution in [2.24, 2.45) is 0 Å². The lowest BCUT2D eigenvalue weighted by Gasteiger charge is -2.32.